The largest absolute Gasteiger partial charge is 0.398 e. The highest BCUT2D eigenvalue weighted by Gasteiger charge is 2.04. The van der Waals surface area contributed by atoms with Crippen LogP contribution in [-0.2, 0) is 6.54 Å². The van der Waals surface area contributed by atoms with Crippen LogP contribution in [-0.4, -0.2) is 12.0 Å². The molecule has 0 spiro atoms. The summed E-state index contributed by atoms with van der Waals surface area (Å²) in [7, 11) is 2.01. The molecular formula is C13H15N3. The first-order chi connectivity index (χ1) is 7.77. The summed E-state index contributed by atoms with van der Waals surface area (Å²) >= 11 is 0. The highest BCUT2D eigenvalue weighted by Crippen LogP contribution is 2.16. The van der Waals surface area contributed by atoms with Crippen molar-refractivity contribution in [3.05, 3.63) is 54.2 Å². The third-order valence-electron chi connectivity index (χ3n) is 2.50. The molecule has 0 aliphatic carbocycles. The lowest BCUT2D eigenvalue weighted by molar-refractivity contribution is 0.900. The van der Waals surface area contributed by atoms with Crippen molar-refractivity contribution in [3.8, 4) is 0 Å². The lowest BCUT2D eigenvalue weighted by Gasteiger charge is -2.18. The predicted octanol–water partition coefficient (Wildman–Crippen LogP) is 2.30. The second-order valence-corrected chi connectivity index (χ2v) is 3.74. The molecular weight excluding hydrogens is 198 g/mol. The van der Waals surface area contributed by atoms with E-state index in [1.165, 1.54) is 0 Å². The van der Waals surface area contributed by atoms with Crippen LogP contribution in [0.1, 0.15) is 5.56 Å². The molecule has 0 fully saturated rings. The molecule has 0 bridgehead atoms. The highest BCUT2D eigenvalue weighted by molar-refractivity contribution is 5.49. The van der Waals surface area contributed by atoms with Crippen LogP contribution in [0.25, 0.3) is 0 Å². The van der Waals surface area contributed by atoms with Crippen LogP contribution in [0.4, 0.5) is 11.5 Å². The lowest BCUT2D eigenvalue weighted by Crippen LogP contribution is -2.18. The quantitative estimate of drug-likeness (QED) is 0.795. The molecule has 2 N–H and O–H groups in total. The average molecular weight is 213 g/mol. The van der Waals surface area contributed by atoms with Crippen molar-refractivity contribution in [2.24, 2.45) is 0 Å². The van der Waals surface area contributed by atoms with Crippen molar-refractivity contribution in [3.63, 3.8) is 0 Å². The van der Waals surface area contributed by atoms with E-state index in [1.54, 1.807) is 6.20 Å². The molecule has 1 aromatic carbocycles. The minimum absolute atomic E-state index is 0.768. The van der Waals surface area contributed by atoms with Gasteiger partial charge in [-0.25, -0.2) is 4.98 Å². The van der Waals surface area contributed by atoms with E-state index >= 15 is 0 Å². The predicted molar refractivity (Wildman–Crippen MR) is 67.2 cm³/mol. The fraction of sp³-hybridized carbons (Fsp3) is 0.154. The van der Waals surface area contributed by atoms with Crippen molar-refractivity contribution < 1.29 is 0 Å². The van der Waals surface area contributed by atoms with E-state index in [-0.39, 0.29) is 0 Å². The van der Waals surface area contributed by atoms with E-state index in [9.17, 15) is 0 Å². The van der Waals surface area contributed by atoms with Crippen LogP contribution in [0, 0.1) is 0 Å². The standard InChI is InChI=1S/C13H15N3/c1-16(13-8-4-5-9-15-13)10-11-6-2-3-7-12(11)14/h2-9H,10,14H2,1H3. The summed E-state index contributed by atoms with van der Waals surface area (Å²) in [6.07, 6.45) is 1.79. The van der Waals surface area contributed by atoms with Crippen molar-refractivity contribution >= 4 is 11.5 Å². The number of benzene rings is 1. The zero-order chi connectivity index (χ0) is 11.4. The number of pyridine rings is 1. The Morgan fingerprint density at radius 2 is 1.88 bits per heavy atom. The Balaban J connectivity index is 2.14. The number of nitrogens with two attached hydrogens (primary N) is 1. The van der Waals surface area contributed by atoms with Gasteiger partial charge in [0.15, 0.2) is 0 Å². The first-order valence-corrected chi connectivity index (χ1v) is 5.23. The van der Waals surface area contributed by atoms with Gasteiger partial charge in [0.2, 0.25) is 0 Å². The Hall–Kier alpha value is -2.03. The average Bonchev–Trinajstić information content (AvgIpc) is 2.33. The van der Waals surface area contributed by atoms with Gasteiger partial charge in [0.05, 0.1) is 0 Å². The second kappa shape index (κ2) is 4.66. The number of hydrogen-bond donors (Lipinski definition) is 1. The van der Waals surface area contributed by atoms with Gasteiger partial charge in [0.25, 0.3) is 0 Å². The topological polar surface area (TPSA) is 42.1 Å². The molecule has 0 atom stereocenters. The normalized spacial score (nSPS) is 10.1. The van der Waals surface area contributed by atoms with Gasteiger partial charge in [-0.15, -0.1) is 0 Å². The summed E-state index contributed by atoms with van der Waals surface area (Å²) in [5, 5.41) is 0. The van der Waals surface area contributed by atoms with Crippen molar-refractivity contribution in [2.75, 3.05) is 17.7 Å². The van der Waals surface area contributed by atoms with Gasteiger partial charge in [-0.1, -0.05) is 24.3 Å². The van der Waals surface area contributed by atoms with E-state index < -0.39 is 0 Å². The maximum absolute atomic E-state index is 5.90. The summed E-state index contributed by atoms with van der Waals surface area (Å²) in [6.45, 7) is 0.768. The number of hydrogen-bond acceptors (Lipinski definition) is 3. The third kappa shape index (κ3) is 2.31. The second-order valence-electron chi connectivity index (χ2n) is 3.74. The molecule has 16 heavy (non-hydrogen) atoms. The van der Waals surface area contributed by atoms with Crippen LogP contribution >= 0.6 is 0 Å². The summed E-state index contributed by atoms with van der Waals surface area (Å²) in [4.78, 5) is 6.36. The zero-order valence-corrected chi connectivity index (χ0v) is 9.30. The number of nitrogen functional groups attached to an aromatic ring is 1. The molecule has 2 rings (SSSR count). The number of nitrogens with zero attached hydrogens (tertiary/aromatic N) is 2. The fourth-order valence-electron chi connectivity index (χ4n) is 1.59. The van der Waals surface area contributed by atoms with Gasteiger partial charge in [0, 0.05) is 25.5 Å². The molecule has 0 aliphatic rings. The smallest absolute Gasteiger partial charge is 0.128 e. The molecule has 0 unspecified atom stereocenters. The molecule has 3 heteroatoms. The molecule has 1 aromatic heterocycles. The number of anilines is 2. The molecule has 1 heterocycles. The van der Waals surface area contributed by atoms with E-state index in [0.29, 0.717) is 0 Å². The molecule has 0 saturated heterocycles. The molecule has 2 aromatic rings. The first kappa shape index (κ1) is 10.5. The van der Waals surface area contributed by atoms with E-state index in [4.69, 9.17) is 5.73 Å². The number of aromatic nitrogens is 1. The minimum Gasteiger partial charge on any atom is -0.398 e. The molecule has 0 aliphatic heterocycles. The molecule has 0 amide bonds. The van der Waals surface area contributed by atoms with E-state index in [0.717, 1.165) is 23.6 Å². The van der Waals surface area contributed by atoms with Gasteiger partial charge in [-0.3, -0.25) is 0 Å². The number of para-hydroxylation sites is 1. The highest BCUT2D eigenvalue weighted by atomic mass is 15.2. The summed E-state index contributed by atoms with van der Waals surface area (Å²) < 4.78 is 0. The Morgan fingerprint density at radius 1 is 1.12 bits per heavy atom. The monoisotopic (exact) mass is 213 g/mol. The van der Waals surface area contributed by atoms with Gasteiger partial charge in [-0.05, 0) is 23.8 Å². The van der Waals surface area contributed by atoms with E-state index in [2.05, 4.69) is 9.88 Å². The Morgan fingerprint density at radius 3 is 2.56 bits per heavy atom. The Bertz CT molecular complexity index is 454. The zero-order valence-electron chi connectivity index (χ0n) is 9.30. The maximum Gasteiger partial charge on any atom is 0.128 e. The van der Waals surface area contributed by atoms with Crippen LogP contribution in [0.2, 0.25) is 0 Å². The fourth-order valence-corrected chi connectivity index (χ4v) is 1.59. The van der Waals surface area contributed by atoms with Gasteiger partial charge >= 0.3 is 0 Å². The molecule has 82 valence electrons. The van der Waals surface area contributed by atoms with Crippen LogP contribution in [0.3, 0.4) is 0 Å². The third-order valence-corrected chi connectivity index (χ3v) is 2.50. The Kier molecular flexibility index (Phi) is 3.05. The first-order valence-electron chi connectivity index (χ1n) is 5.23. The maximum atomic E-state index is 5.90. The van der Waals surface area contributed by atoms with Crippen LogP contribution < -0.4 is 10.6 Å². The van der Waals surface area contributed by atoms with Gasteiger partial charge in [-0.2, -0.15) is 0 Å². The van der Waals surface area contributed by atoms with Gasteiger partial charge < -0.3 is 10.6 Å². The summed E-state index contributed by atoms with van der Waals surface area (Å²) in [5.74, 6) is 0.950. The number of rotatable bonds is 3. The minimum atomic E-state index is 0.768. The SMILES string of the molecule is CN(Cc1ccccc1N)c1ccccn1. The molecule has 0 saturated carbocycles. The molecule has 3 nitrogen and oxygen atoms in total. The Labute approximate surface area is 95.5 Å². The van der Waals surface area contributed by atoms with Crippen molar-refractivity contribution in [1.82, 2.24) is 4.98 Å². The lowest BCUT2D eigenvalue weighted by atomic mass is 10.2. The summed E-state index contributed by atoms with van der Waals surface area (Å²) in [5.41, 5.74) is 7.85. The van der Waals surface area contributed by atoms with Crippen LogP contribution in [0.5, 0.6) is 0 Å². The molecule has 0 radical (unpaired) electrons. The van der Waals surface area contributed by atoms with Gasteiger partial charge in [0.1, 0.15) is 5.82 Å². The van der Waals surface area contributed by atoms with Crippen molar-refractivity contribution in [2.45, 2.75) is 6.54 Å². The van der Waals surface area contributed by atoms with E-state index in [1.807, 2.05) is 49.5 Å². The van der Waals surface area contributed by atoms with Crippen LogP contribution in [0.15, 0.2) is 48.7 Å². The summed E-state index contributed by atoms with van der Waals surface area (Å²) in [6, 6.07) is 13.8. The van der Waals surface area contributed by atoms with Crippen molar-refractivity contribution in [1.29, 1.82) is 0 Å².